The maximum absolute atomic E-state index is 12.8. The average molecular weight is 386 g/mol. The highest BCUT2D eigenvalue weighted by atomic mass is 32.1. The molecule has 8 heteroatoms. The Morgan fingerprint density at radius 2 is 2.04 bits per heavy atom. The van der Waals surface area contributed by atoms with E-state index >= 15 is 0 Å². The van der Waals surface area contributed by atoms with Gasteiger partial charge < -0.3 is 14.4 Å². The molecule has 4 nitrogen and oxygen atoms in total. The van der Waals surface area contributed by atoms with Crippen LogP contribution in [0.25, 0.3) is 10.2 Å². The molecule has 0 radical (unpaired) electrons. The van der Waals surface area contributed by atoms with E-state index in [4.69, 9.17) is 9.47 Å². The lowest BCUT2D eigenvalue weighted by Crippen LogP contribution is -2.37. The number of alkyl halides is 3. The molecule has 142 valence electrons. The van der Waals surface area contributed by atoms with Crippen LogP contribution in [0.15, 0.2) is 18.2 Å². The minimum atomic E-state index is -4.34. The maximum atomic E-state index is 12.8. The molecule has 2 aromatic rings. The fourth-order valence-corrected chi connectivity index (χ4v) is 4.43. The van der Waals surface area contributed by atoms with Crippen molar-refractivity contribution in [3.8, 4) is 0 Å². The molecule has 0 amide bonds. The van der Waals surface area contributed by atoms with E-state index in [-0.39, 0.29) is 6.10 Å². The van der Waals surface area contributed by atoms with Crippen LogP contribution < -0.4 is 4.90 Å². The van der Waals surface area contributed by atoms with Crippen molar-refractivity contribution < 1.29 is 22.6 Å². The molecule has 3 heterocycles. The monoisotopic (exact) mass is 386 g/mol. The van der Waals surface area contributed by atoms with Crippen LogP contribution >= 0.6 is 11.3 Å². The Hall–Kier alpha value is -1.38. The molecular weight excluding hydrogens is 365 g/mol. The summed E-state index contributed by atoms with van der Waals surface area (Å²) in [5, 5.41) is 0.793. The van der Waals surface area contributed by atoms with Crippen LogP contribution in [-0.4, -0.2) is 44.0 Å². The van der Waals surface area contributed by atoms with Crippen molar-refractivity contribution in [2.75, 3.05) is 37.8 Å². The van der Waals surface area contributed by atoms with Crippen LogP contribution in [0.5, 0.6) is 0 Å². The van der Waals surface area contributed by atoms with Gasteiger partial charge in [0.2, 0.25) is 0 Å². The second kappa shape index (κ2) is 7.32. The second-order valence-electron chi connectivity index (χ2n) is 6.93. The molecule has 4 rings (SSSR count). The van der Waals surface area contributed by atoms with Gasteiger partial charge in [0.25, 0.3) is 0 Å². The summed E-state index contributed by atoms with van der Waals surface area (Å²) in [5.41, 5.74) is -0.232. The number of hydrogen-bond donors (Lipinski definition) is 0. The van der Waals surface area contributed by atoms with E-state index in [0.29, 0.717) is 11.4 Å². The molecule has 0 saturated carbocycles. The first-order valence-corrected chi connectivity index (χ1v) is 9.73. The summed E-state index contributed by atoms with van der Waals surface area (Å²) in [6.45, 7) is 4.02. The van der Waals surface area contributed by atoms with E-state index in [1.54, 1.807) is 0 Å². The lowest BCUT2D eigenvalue weighted by molar-refractivity contribution is -0.137. The van der Waals surface area contributed by atoms with E-state index in [2.05, 4.69) is 9.88 Å². The van der Waals surface area contributed by atoms with Crippen molar-refractivity contribution in [3.05, 3.63) is 23.8 Å². The van der Waals surface area contributed by atoms with Crippen molar-refractivity contribution in [1.29, 1.82) is 0 Å². The summed E-state index contributed by atoms with van der Waals surface area (Å²) in [6, 6.07) is 3.77. The van der Waals surface area contributed by atoms with E-state index in [0.717, 1.165) is 74.1 Å². The van der Waals surface area contributed by atoms with Gasteiger partial charge in [-0.25, -0.2) is 4.98 Å². The molecule has 0 bridgehead atoms. The predicted octanol–water partition coefficient (Wildman–Crippen LogP) is 4.34. The van der Waals surface area contributed by atoms with Crippen molar-refractivity contribution >= 4 is 26.7 Å². The molecule has 2 aliphatic heterocycles. The third-order valence-electron chi connectivity index (χ3n) is 5.01. The minimum absolute atomic E-state index is 0.248. The van der Waals surface area contributed by atoms with E-state index in [9.17, 15) is 13.2 Å². The largest absolute Gasteiger partial charge is 0.416 e. The summed E-state index contributed by atoms with van der Waals surface area (Å²) in [4.78, 5) is 6.58. The van der Waals surface area contributed by atoms with Gasteiger partial charge >= 0.3 is 6.18 Å². The number of aromatic nitrogens is 1. The van der Waals surface area contributed by atoms with Gasteiger partial charge in [-0.15, -0.1) is 0 Å². The highest BCUT2D eigenvalue weighted by Crippen LogP contribution is 2.35. The van der Waals surface area contributed by atoms with Crippen molar-refractivity contribution in [2.45, 2.75) is 31.5 Å². The Morgan fingerprint density at radius 3 is 2.73 bits per heavy atom. The van der Waals surface area contributed by atoms with E-state index in [1.165, 1.54) is 17.4 Å². The highest BCUT2D eigenvalue weighted by Gasteiger charge is 2.31. The highest BCUT2D eigenvalue weighted by molar-refractivity contribution is 7.22. The molecule has 26 heavy (non-hydrogen) atoms. The molecule has 1 aromatic heterocycles. The van der Waals surface area contributed by atoms with Gasteiger partial charge in [-0.3, -0.25) is 0 Å². The Morgan fingerprint density at radius 1 is 1.23 bits per heavy atom. The quantitative estimate of drug-likeness (QED) is 0.783. The third-order valence-corrected chi connectivity index (χ3v) is 6.10. The van der Waals surface area contributed by atoms with Gasteiger partial charge in [0, 0.05) is 25.6 Å². The first-order valence-electron chi connectivity index (χ1n) is 8.91. The third kappa shape index (κ3) is 3.97. The molecule has 0 N–H and O–H groups in total. The number of hydrogen-bond acceptors (Lipinski definition) is 5. The van der Waals surface area contributed by atoms with Crippen LogP contribution in [0.2, 0.25) is 0 Å². The average Bonchev–Trinajstić information content (AvgIpc) is 3.28. The number of rotatable bonds is 4. The van der Waals surface area contributed by atoms with Crippen LogP contribution in [0.1, 0.15) is 24.8 Å². The number of fused-ring (bicyclic) bond motifs is 1. The molecule has 1 atom stereocenters. The van der Waals surface area contributed by atoms with Crippen molar-refractivity contribution in [1.82, 2.24) is 4.98 Å². The van der Waals surface area contributed by atoms with Crippen LogP contribution in [0.3, 0.4) is 0 Å². The number of nitrogens with zero attached hydrogens (tertiary/aromatic N) is 2. The smallest absolute Gasteiger partial charge is 0.381 e. The number of thiazole rings is 1. The maximum Gasteiger partial charge on any atom is 0.416 e. The minimum Gasteiger partial charge on any atom is -0.381 e. The van der Waals surface area contributed by atoms with E-state index < -0.39 is 11.7 Å². The van der Waals surface area contributed by atoms with Gasteiger partial charge in [-0.1, -0.05) is 11.3 Å². The first kappa shape index (κ1) is 18.0. The fraction of sp³-hybridized carbons (Fsp3) is 0.611. The summed E-state index contributed by atoms with van der Waals surface area (Å²) in [7, 11) is 0. The zero-order valence-electron chi connectivity index (χ0n) is 14.3. The van der Waals surface area contributed by atoms with E-state index in [1.807, 2.05) is 0 Å². The molecular formula is C18H21F3N2O2S. The second-order valence-corrected chi connectivity index (χ2v) is 7.94. The van der Waals surface area contributed by atoms with Gasteiger partial charge in [0.15, 0.2) is 5.13 Å². The molecule has 1 unspecified atom stereocenters. The van der Waals surface area contributed by atoms with Gasteiger partial charge in [0.05, 0.1) is 35.1 Å². The SMILES string of the molecule is FC(F)(F)c1ccc2sc(N3CCC(OCC4CCOC4)CC3)nc2c1. The van der Waals surface area contributed by atoms with Gasteiger partial charge in [0.1, 0.15) is 0 Å². The van der Waals surface area contributed by atoms with Crippen LogP contribution in [0, 0.1) is 5.92 Å². The summed E-state index contributed by atoms with van der Waals surface area (Å²) in [6.07, 6.45) is -1.19. The standard InChI is InChI=1S/C18H21F3N2O2S/c19-18(20,21)13-1-2-16-15(9-13)22-17(26-16)23-6-3-14(4-7-23)25-11-12-5-8-24-10-12/h1-2,9,12,14H,3-8,10-11H2. The topological polar surface area (TPSA) is 34.6 Å². The van der Waals surface area contributed by atoms with Gasteiger partial charge in [-0.05, 0) is 37.5 Å². The Kier molecular flexibility index (Phi) is 5.07. The van der Waals surface area contributed by atoms with Crippen molar-refractivity contribution in [3.63, 3.8) is 0 Å². The number of piperidine rings is 1. The Balaban J connectivity index is 1.36. The van der Waals surface area contributed by atoms with Crippen molar-refractivity contribution in [2.24, 2.45) is 5.92 Å². The molecule has 2 aliphatic rings. The normalized spacial score (nSPS) is 22.4. The number of benzene rings is 1. The summed E-state index contributed by atoms with van der Waals surface area (Å²) < 4.78 is 50.7. The predicted molar refractivity (Wildman–Crippen MR) is 94.7 cm³/mol. The first-order chi connectivity index (χ1) is 12.5. The fourth-order valence-electron chi connectivity index (χ4n) is 3.43. The Bertz CT molecular complexity index is 750. The molecule has 1 aromatic carbocycles. The number of anilines is 1. The zero-order valence-corrected chi connectivity index (χ0v) is 15.1. The molecule has 2 saturated heterocycles. The number of halogens is 3. The van der Waals surface area contributed by atoms with Crippen LogP contribution in [-0.2, 0) is 15.7 Å². The molecule has 2 fully saturated rings. The van der Waals surface area contributed by atoms with Gasteiger partial charge in [-0.2, -0.15) is 13.2 Å². The summed E-state index contributed by atoms with van der Waals surface area (Å²) >= 11 is 1.45. The molecule has 0 spiro atoms. The molecule has 0 aliphatic carbocycles. The summed E-state index contributed by atoms with van der Waals surface area (Å²) in [5.74, 6) is 0.514. The lowest BCUT2D eigenvalue weighted by Gasteiger charge is -2.32. The Labute approximate surface area is 153 Å². The number of ether oxygens (including phenoxy) is 2. The van der Waals surface area contributed by atoms with Crippen LogP contribution in [0.4, 0.5) is 18.3 Å². The zero-order chi connectivity index (χ0) is 18.1. The lowest BCUT2D eigenvalue weighted by atomic mass is 10.1.